The highest BCUT2D eigenvalue weighted by molar-refractivity contribution is 6.13. The van der Waals surface area contributed by atoms with Crippen LogP contribution >= 0.6 is 0 Å². The van der Waals surface area contributed by atoms with E-state index in [4.69, 9.17) is 15.0 Å². The molecule has 6 aromatic carbocycles. The Hall–Kier alpha value is -7.69. The molecule has 0 saturated heterocycles. The number of hydrogen-bond acceptors (Lipinski definition) is 3. The molecule has 0 N–H and O–H groups in total. The molecule has 0 saturated carbocycles. The van der Waals surface area contributed by atoms with Crippen LogP contribution in [-0.4, -0.2) is 19.5 Å². The van der Waals surface area contributed by atoms with Crippen LogP contribution < -0.4 is 0 Å². The molecule has 0 amide bonds. The van der Waals surface area contributed by atoms with Gasteiger partial charge in [0.05, 0.1) is 16.4 Å². The summed E-state index contributed by atoms with van der Waals surface area (Å²) in [6.45, 7) is 4.22. The maximum absolute atomic E-state index is 5.07. The number of fused-ring (bicyclic) bond motifs is 12. The number of benzene rings is 6. The molecule has 4 nitrogen and oxygen atoms in total. The molecule has 0 aliphatic heterocycles. The van der Waals surface area contributed by atoms with Gasteiger partial charge in [0.1, 0.15) is 0 Å². The summed E-state index contributed by atoms with van der Waals surface area (Å²) in [4.78, 5) is 15.1. The predicted octanol–water partition coefficient (Wildman–Crippen LogP) is 14.8. The molecule has 2 heterocycles. The largest absolute Gasteiger partial charge is 0.309 e. The van der Waals surface area contributed by atoms with Crippen LogP contribution in [0, 0.1) is 0 Å². The second-order valence-corrected chi connectivity index (χ2v) is 17.7. The highest BCUT2D eigenvalue weighted by atomic mass is 15.0. The van der Waals surface area contributed by atoms with Crippen molar-refractivity contribution in [1.82, 2.24) is 19.5 Å². The Morgan fingerprint density at radius 3 is 1.91 bits per heavy atom. The predicted molar refractivity (Wildman–Crippen MR) is 264 cm³/mol. The SMILES string of the molecule is C=C1CC=CC(c2nc(C3=CCCC=C3)nc(-c3ccc(-c4ccc5c6cc7c(cc6n(-c6ccccc6)c5c4)C4=C(CCC=C4)C74c5ccccc5-c5ccccc54)cc3)n2)=CC1. The van der Waals surface area contributed by atoms with Gasteiger partial charge < -0.3 is 4.57 Å². The lowest BCUT2D eigenvalue weighted by Crippen LogP contribution is -2.27. The van der Waals surface area contributed by atoms with Gasteiger partial charge in [0.2, 0.25) is 0 Å². The summed E-state index contributed by atoms with van der Waals surface area (Å²) in [7, 11) is 0. The van der Waals surface area contributed by atoms with E-state index in [-0.39, 0.29) is 5.41 Å². The molecule has 304 valence electrons. The normalized spacial score (nSPS) is 16.8. The van der Waals surface area contributed by atoms with E-state index in [0.717, 1.165) is 72.0 Å². The van der Waals surface area contributed by atoms with Crippen LogP contribution in [0.2, 0.25) is 0 Å². The molecule has 2 aromatic heterocycles. The van der Waals surface area contributed by atoms with Crippen molar-refractivity contribution < 1.29 is 0 Å². The molecule has 0 atom stereocenters. The van der Waals surface area contributed by atoms with Gasteiger partial charge in [-0.1, -0.05) is 164 Å². The number of para-hydroxylation sites is 1. The van der Waals surface area contributed by atoms with Crippen LogP contribution in [0.15, 0.2) is 200 Å². The Kier molecular flexibility index (Phi) is 8.33. The zero-order valence-corrected chi connectivity index (χ0v) is 35.6. The Bertz CT molecular complexity index is 3450. The molecular formula is C60H44N4. The van der Waals surface area contributed by atoms with Crippen molar-refractivity contribution >= 4 is 38.5 Å². The van der Waals surface area contributed by atoms with Crippen molar-refractivity contribution in [3.63, 3.8) is 0 Å². The fraction of sp³-hybridized carbons (Fsp3) is 0.117. The lowest BCUT2D eigenvalue weighted by Gasteiger charge is -2.33. The summed E-state index contributed by atoms with van der Waals surface area (Å²) < 4.78 is 2.48. The highest BCUT2D eigenvalue weighted by Crippen LogP contribution is 2.64. The first kappa shape index (κ1) is 36.9. The van der Waals surface area contributed by atoms with E-state index < -0.39 is 0 Å². The molecule has 0 bridgehead atoms. The molecular weight excluding hydrogens is 777 g/mol. The zero-order chi connectivity index (χ0) is 42.4. The molecule has 64 heavy (non-hydrogen) atoms. The maximum atomic E-state index is 5.07. The fourth-order valence-electron chi connectivity index (χ4n) is 11.2. The van der Waals surface area contributed by atoms with E-state index in [9.17, 15) is 0 Å². The minimum absolute atomic E-state index is 0.317. The number of rotatable bonds is 5. The molecule has 4 heteroatoms. The average molecular weight is 821 g/mol. The van der Waals surface area contributed by atoms with Gasteiger partial charge in [-0.3, -0.25) is 0 Å². The van der Waals surface area contributed by atoms with E-state index in [1.54, 1.807) is 0 Å². The standard InChI is InChI=1S/C60H44N4/c1-38-15-14-18-41(28-27-38)58-61-57(40-16-4-2-5-17-40)62-59(63-58)42-31-29-39(30-32-42)43-33-34-48-50-36-54-49(37-56(50)64(55(48)35-43)44-19-6-3-7-20-44)47-23-10-13-26-53(47)60(54)51-24-11-8-21-45(51)46-22-9-12-25-52(46)60/h3-4,6-12,14,16-25,28-37H,1-2,5,13,15,26-27H2. The van der Waals surface area contributed by atoms with Gasteiger partial charge in [0, 0.05) is 33.2 Å². The van der Waals surface area contributed by atoms with E-state index in [2.05, 4.69) is 193 Å². The molecule has 0 radical (unpaired) electrons. The van der Waals surface area contributed by atoms with Gasteiger partial charge in [0.15, 0.2) is 17.5 Å². The molecule has 8 aromatic rings. The first-order valence-electron chi connectivity index (χ1n) is 22.7. The minimum atomic E-state index is -0.317. The third kappa shape index (κ3) is 5.51. The van der Waals surface area contributed by atoms with E-state index in [1.165, 1.54) is 71.9 Å². The van der Waals surface area contributed by atoms with Gasteiger partial charge in [0.25, 0.3) is 0 Å². The fourth-order valence-corrected chi connectivity index (χ4v) is 11.2. The number of nitrogens with zero attached hydrogens (tertiary/aromatic N) is 4. The summed E-state index contributed by atoms with van der Waals surface area (Å²) in [5, 5.41) is 2.52. The van der Waals surface area contributed by atoms with E-state index >= 15 is 0 Å². The summed E-state index contributed by atoms with van der Waals surface area (Å²) in [6.07, 6.45) is 23.6. The van der Waals surface area contributed by atoms with Crippen molar-refractivity contribution in [3.05, 3.63) is 234 Å². The Balaban J connectivity index is 0.965. The lowest BCUT2D eigenvalue weighted by atomic mass is 9.68. The molecule has 0 fully saturated rings. The van der Waals surface area contributed by atoms with Crippen molar-refractivity contribution in [2.24, 2.45) is 0 Å². The molecule has 13 rings (SSSR count). The molecule has 5 aliphatic rings. The smallest absolute Gasteiger partial charge is 0.164 e. The van der Waals surface area contributed by atoms with Crippen molar-refractivity contribution in [2.75, 3.05) is 0 Å². The van der Waals surface area contributed by atoms with Crippen LogP contribution in [-0.2, 0) is 5.41 Å². The van der Waals surface area contributed by atoms with Gasteiger partial charge in [-0.15, -0.1) is 0 Å². The second-order valence-electron chi connectivity index (χ2n) is 17.7. The van der Waals surface area contributed by atoms with Crippen molar-refractivity contribution in [2.45, 2.75) is 43.9 Å². The number of hydrogen-bond donors (Lipinski definition) is 0. The first-order chi connectivity index (χ1) is 31.6. The molecule has 0 unspecified atom stereocenters. The summed E-state index contributed by atoms with van der Waals surface area (Å²) in [5.74, 6) is 2.08. The molecule has 1 spiro atoms. The summed E-state index contributed by atoms with van der Waals surface area (Å²) in [6, 6.07) is 49.9. The Labute approximate surface area is 373 Å². The van der Waals surface area contributed by atoms with Gasteiger partial charge in [-0.2, -0.15) is 0 Å². The number of allylic oxidation sites excluding steroid dienone is 13. The average Bonchev–Trinajstić information content (AvgIpc) is 3.87. The maximum Gasteiger partial charge on any atom is 0.164 e. The van der Waals surface area contributed by atoms with Crippen LogP contribution in [0.4, 0.5) is 0 Å². The summed E-state index contributed by atoms with van der Waals surface area (Å²) >= 11 is 0. The topological polar surface area (TPSA) is 43.6 Å². The third-order valence-electron chi connectivity index (χ3n) is 14.1. The second kappa shape index (κ2) is 14.4. The highest BCUT2D eigenvalue weighted by Gasteiger charge is 2.52. The van der Waals surface area contributed by atoms with E-state index in [1.807, 2.05) is 0 Å². The van der Waals surface area contributed by atoms with Gasteiger partial charge in [-0.25, -0.2) is 15.0 Å². The lowest BCUT2D eigenvalue weighted by molar-refractivity contribution is 0.715. The molecule has 5 aliphatic carbocycles. The first-order valence-corrected chi connectivity index (χ1v) is 22.7. The van der Waals surface area contributed by atoms with Gasteiger partial charge in [-0.05, 0) is 125 Å². The van der Waals surface area contributed by atoms with Crippen LogP contribution in [0.25, 0.3) is 77.9 Å². The quantitative estimate of drug-likeness (QED) is 0.162. The Morgan fingerprint density at radius 2 is 1.14 bits per heavy atom. The minimum Gasteiger partial charge on any atom is -0.309 e. The zero-order valence-electron chi connectivity index (χ0n) is 35.6. The van der Waals surface area contributed by atoms with Crippen LogP contribution in [0.5, 0.6) is 0 Å². The van der Waals surface area contributed by atoms with Crippen LogP contribution in [0.3, 0.4) is 0 Å². The van der Waals surface area contributed by atoms with E-state index in [0.29, 0.717) is 17.5 Å². The monoisotopic (exact) mass is 820 g/mol. The summed E-state index contributed by atoms with van der Waals surface area (Å²) in [5.41, 5.74) is 20.9. The Morgan fingerprint density at radius 1 is 0.484 bits per heavy atom. The van der Waals surface area contributed by atoms with Crippen molar-refractivity contribution in [1.29, 1.82) is 0 Å². The third-order valence-corrected chi connectivity index (χ3v) is 14.1. The number of aromatic nitrogens is 4. The van der Waals surface area contributed by atoms with Gasteiger partial charge >= 0.3 is 0 Å². The van der Waals surface area contributed by atoms with Crippen LogP contribution in [0.1, 0.15) is 72.4 Å². The van der Waals surface area contributed by atoms with Crippen molar-refractivity contribution in [3.8, 4) is 39.3 Å².